The van der Waals surface area contributed by atoms with E-state index < -0.39 is 0 Å². The molecule has 4 aromatic rings. The van der Waals surface area contributed by atoms with Gasteiger partial charge in [-0.15, -0.1) is 10.2 Å². The number of anilines is 1. The molecule has 0 radical (unpaired) electrons. The van der Waals surface area contributed by atoms with E-state index in [0.29, 0.717) is 5.16 Å². The Kier molecular flexibility index (Phi) is 6.50. The van der Waals surface area contributed by atoms with Crippen molar-refractivity contribution in [3.05, 3.63) is 65.5 Å². The van der Waals surface area contributed by atoms with Gasteiger partial charge in [-0.25, -0.2) is 4.68 Å². The minimum atomic E-state index is -0.122. The molecule has 0 bridgehead atoms. The highest BCUT2D eigenvalue weighted by atomic mass is 32.2. The quantitative estimate of drug-likeness (QED) is 0.411. The molecule has 0 spiro atoms. The predicted octanol–water partition coefficient (Wildman–Crippen LogP) is 4.33. The van der Waals surface area contributed by atoms with Gasteiger partial charge in [0.2, 0.25) is 5.91 Å². The second kappa shape index (κ2) is 9.50. The molecular formula is C24H26N6O2S. The number of hydrogen-bond donors (Lipinski definition) is 1. The van der Waals surface area contributed by atoms with Crippen LogP contribution in [0.3, 0.4) is 0 Å². The zero-order chi connectivity index (χ0) is 23.5. The number of methoxy groups -OCH3 is 1. The highest BCUT2D eigenvalue weighted by molar-refractivity contribution is 7.99. The fourth-order valence-corrected chi connectivity index (χ4v) is 4.21. The number of aromatic nitrogens is 5. The van der Waals surface area contributed by atoms with Crippen molar-refractivity contribution < 1.29 is 9.53 Å². The first kappa shape index (κ1) is 22.6. The predicted molar refractivity (Wildman–Crippen MR) is 130 cm³/mol. The van der Waals surface area contributed by atoms with Crippen LogP contribution in [0.2, 0.25) is 0 Å². The van der Waals surface area contributed by atoms with E-state index in [9.17, 15) is 4.79 Å². The zero-order valence-corrected chi connectivity index (χ0v) is 20.1. The molecule has 33 heavy (non-hydrogen) atoms. The van der Waals surface area contributed by atoms with Gasteiger partial charge in [0.05, 0.1) is 35.6 Å². The summed E-state index contributed by atoms with van der Waals surface area (Å²) in [6.45, 7) is 5.89. The maximum atomic E-state index is 12.7. The maximum absolute atomic E-state index is 12.7. The largest absolute Gasteiger partial charge is 0.497 e. The minimum absolute atomic E-state index is 0.122. The lowest BCUT2D eigenvalue weighted by molar-refractivity contribution is -0.113. The second-order valence-electron chi connectivity index (χ2n) is 7.72. The molecule has 170 valence electrons. The Labute approximate surface area is 197 Å². The molecule has 2 aromatic carbocycles. The fourth-order valence-electron chi connectivity index (χ4n) is 3.50. The molecule has 0 unspecified atom stereocenters. The van der Waals surface area contributed by atoms with Gasteiger partial charge in [0.1, 0.15) is 5.75 Å². The zero-order valence-electron chi connectivity index (χ0n) is 19.3. The monoisotopic (exact) mass is 462 g/mol. The average Bonchev–Trinajstić information content (AvgIpc) is 3.32. The lowest BCUT2D eigenvalue weighted by atomic mass is 10.2. The molecular weight excluding hydrogens is 436 g/mol. The van der Waals surface area contributed by atoms with E-state index in [2.05, 4.69) is 20.6 Å². The highest BCUT2D eigenvalue weighted by Gasteiger charge is 2.17. The Morgan fingerprint density at radius 1 is 1.03 bits per heavy atom. The van der Waals surface area contributed by atoms with Crippen LogP contribution in [0, 0.1) is 20.8 Å². The van der Waals surface area contributed by atoms with E-state index in [1.54, 1.807) is 7.11 Å². The van der Waals surface area contributed by atoms with Crippen molar-refractivity contribution in [1.29, 1.82) is 0 Å². The number of benzene rings is 2. The van der Waals surface area contributed by atoms with Crippen molar-refractivity contribution >= 4 is 23.4 Å². The van der Waals surface area contributed by atoms with E-state index in [1.165, 1.54) is 17.3 Å². The van der Waals surface area contributed by atoms with E-state index in [0.717, 1.165) is 39.9 Å². The Morgan fingerprint density at radius 2 is 1.73 bits per heavy atom. The summed E-state index contributed by atoms with van der Waals surface area (Å²) in [7, 11) is 3.52. The molecule has 8 nitrogen and oxygen atoms in total. The van der Waals surface area contributed by atoms with E-state index in [4.69, 9.17) is 4.74 Å². The van der Waals surface area contributed by atoms with Gasteiger partial charge in [0, 0.05) is 12.6 Å². The van der Waals surface area contributed by atoms with Gasteiger partial charge < -0.3 is 14.6 Å². The van der Waals surface area contributed by atoms with Gasteiger partial charge in [-0.2, -0.15) is 5.10 Å². The van der Waals surface area contributed by atoms with Gasteiger partial charge in [-0.3, -0.25) is 4.79 Å². The number of hydrogen-bond acceptors (Lipinski definition) is 6. The molecule has 0 aliphatic rings. The molecule has 0 aliphatic carbocycles. The summed E-state index contributed by atoms with van der Waals surface area (Å²) in [6.07, 6.45) is 0. The van der Waals surface area contributed by atoms with E-state index in [1.807, 2.05) is 85.6 Å². The number of carbonyl (C=O) groups is 1. The number of ether oxygens (including phenoxy) is 1. The maximum Gasteiger partial charge on any atom is 0.234 e. The van der Waals surface area contributed by atoms with Crippen molar-refractivity contribution in [1.82, 2.24) is 24.5 Å². The van der Waals surface area contributed by atoms with Crippen LogP contribution in [0.15, 0.2) is 53.7 Å². The third-order valence-electron chi connectivity index (χ3n) is 5.35. The lowest BCUT2D eigenvalue weighted by Gasteiger charge is -2.08. The molecule has 9 heteroatoms. The fraction of sp³-hybridized carbons (Fsp3) is 0.250. The Bertz CT molecular complexity index is 1280. The number of thioether (sulfide) groups is 1. The first-order chi connectivity index (χ1) is 15.9. The number of amides is 1. The average molecular weight is 463 g/mol. The number of aryl methyl sites for hydroxylation is 2. The number of nitrogens with zero attached hydrogens (tertiary/aromatic N) is 5. The van der Waals surface area contributed by atoms with Crippen LogP contribution in [-0.2, 0) is 11.8 Å². The molecule has 0 aliphatic heterocycles. The van der Waals surface area contributed by atoms with Crippen molar-refractivity contribution in [2.45, 2.75) is 25.9 Å². The number of rotatable bonds is 7. The van der Waals surface area contributed by atoms with E-state index >= 15 is 0 Å². The SMILES string of the molecule is COc1ccc(-c2nnc(SCC(=O)Nc3c(C)nn(-c4ccc(C)cc4)c3C)n2C)cc1. The Hall–Kier alpha value is -3.59. The Morgan fingerprint density at radius 3 is 2.39 bits per heavy atom. The summed E-state index contributed by atoms with van der Waals surface area (Å²) < 4.78 is 8.93. The summed E-state index contributed by atoms with van der Waals surface area (Å²) in [5.74, 6) is 1.60. The van der Waals surface area contributed by atoms with Gasteiger partial charge in [0.15, 0.2) is 11.0 Å². The van der Waals surface area contributed by atoms with Crippen molar-refractivity contribution in [2.75, 3.05) is 18.2 Å². The van der Waals surface area contributed by atoms with Crippen LogP contribution in [0.5, 0.6) is 5.75 Å². The van der Waals surface area contributed by atoms with Gasteiger partial charge in [0.25, 0.3) is 0 Å². The number of carbonyl (C=O) groups excluding carboxylic acids is 1. The van der Waals surface area contributed by atoms with Gasteiger partial charge >= 0.3 is 0 Å². The molecule has 0 fully saturated rings. The molecule has 0 atom stereocenters. The smallest absolute Gasteiger partial charge is 0.234 e. The van der Waals surface area contributed by atoms with Crippen LogP contribution in [0.25, 0.3) is 17.1 Å². The van der Waals surface area contributed by atoms with Crippen molar-refractivity contribution in [2.24, 2.45) is 7.05 Å². The van der Waals surface area contributed by atoms with Crippen LogP contribution < -0.4 is 10.1 Å². The molecule has 2 heterocycles. The van der Waals surface area contributed by atoms with Crippen molar-refractivity contribution in [3.63, 3.8) is 0 Å². The standard InChI is InChI=1S/C24H26N6O2S/c1-15-6-10-19(11-7-15)30-17(3)22(16(2)28-30)25-21(31)14-33-24-27-26-23(29(24)4)18-8-12-20(32-5)13-9-18/h6-13H,14H2,1-5H3,(H,25,31). The summed E-state index contributed by atoms with van der Waals surface area (Å²) in [5.41, 5.74) is 5.46. The van der Waals surface area contributed by atoms with Crippen LogP contribution in [0.1, 0.15) is 17.0 Å². The minimum Gasteiger partial charge on any atom is -0.497 e. The van der Waals surface area contributed by atoms with Gasteiger partial charge in [-0.1, -0.05) is 29.5 Å². The summed E-state index contributed by atoms with van der Waals surface area (Å²) >= 11 is 1.34. The topological polar surface area (TPSA) is 86.9 Å². The Balaban J connectivity index is 1.43. The third kappa shape index (κ3) is 4.78. The highest BCUT2D eigenvalue weighted by Crippen LogP contribution is 2.26. The molecule has 1 N–H and O–H groups in total. The second-order valence-corrected chi connectivity index (χ2v) is 8.67. The molecule has 1 amide bonds. The normalized spacial score (nSPS) is 10.9. The van der Waals surface area contributed by atoms with Gasteiger partial charge in [-0.05, 0) is 57.2 Å². The lowest BCUT2D eigenvalue weighted by Crippen LogP contribution is -2.15. The first-order valence-electron chi connectivity index (χ1n) is 10.5. The molecule has 0 saturated carbocycles. The summed E-state index contributed by atoms with van der Waals surface area (Å²) in [6, 6.07) is 15.7. The summed E-state index contributed by atoms with van der Waals surface area (Å²) in [5, 5.41) is 16.8. The van der Waals surface area contributed by atoms with Crippen LogP contribution in [-0.4, -0.2) is 43.3 Å². The van der Waals surface area contributed by atoms with Crippen LogP contribution in [0.4, 0.5) is 5.69 Å². The van der Waals surface area contributed by atoms with Crippen LogP contribution >= 0.6 is 11.8 Å². The van der Waals surface area contributed by atoms with Crippen molar-refractivity contribution in [3.8, 4) is 22.8 Å². The molecule has 2 aromatic heterocycles. The summed E-state index contributed by atoms with van der Waals surface area (Å²) in [4.78, 5) is 12.7. The van der Waals surface area contributed by atoms with E-state index in [-0.39, 0.29) is 11.7 Å². The third-order valence-corrected chi connectivity index (χ3v) is 6.37. The number of nitrogens with one attached hydrogen (secondary N) is 1. The molecule has 0 saturated heterocycles. The first-order valence-corrected chi connectivity index (χ1v) is 11.5. The molecule has 4 rings (SSSR count).